The van der Waals surface area contributed by atoms with Gasteiger partial charge in [0.2, 0.25) is 0 Å². The maximum absolute atomic E-state index is 11.1. The van der Waals surface area contributed by atoms with Crippen molar-refractivity contribution in [3.05, 3.63) is 11.3 Å². The largest absolute Gasteiger partial charge is 0.478 e. The third-order valence-corrected chi connectivity index (χ3v) is 4.79. The number of hydrogen-bond acceptors (Lipinski definition) is 4. The highest BCUT2D eigenvalue weighted by Gasteiger charge is 2.23. The van der Waals surface area contributed by atoms with Gasteiger partial charge in [-0.25, -0.2) is 9.88 Å². The lowest BCUT2D eigenvalue weighted by Gasteiger charge is -2.23. The molecule has 1 unspecified atom stereocenters. The van der Waals surface area contributed by atoms with Gasteiger partial charge in [-0.05, 0) is 24.6 Å². The van der Waals surface area contributed by atoms with Crippen LogP contribution in [-0.2, 0) is 25.6 Å². The van der Waals surface area contributed by atoms with Crippen LogP contribution >= 0.6 is 6.64 Å². The number of carboxylic acid groups (broad SMARTS) is 1. The fourth-order valence-electron chi connectivity index (χ4n) is 1.36. The topological polar surface area (TPSA) is 67.8 Å². The van der Waals surface area contributed by atoms with E-state index in [1.165, 1.54) is 7.11 Å². The molecule has 0 heterocycles. The van der Waals surface area contributed by atoms with Crippen molar-refractivity contribution < 1.29 is 18.9 Å². The molecule has 0 fully saturated rings. The van der Waals surface area contributed by atoms with Crippen LogP contribution in [0.5, 0.6) is 0 Å². The van der Waals surface area contributed by atoms with E-state index < -0.39 is 12.6 Å². The third-order valence-electron chi connectivity index (χ3n) is 2.04. The van der Waals surface area contributed by atoms with Crippen LogP contribution < -0.4 is 5.09 Å². The molecule has 0 spiro atoms. The van der Waals surface area contributed by atoms with E-state index in [4.69, 9.17) is 26.0 Å². The van der Waals surface area contributed by atoms with E-state index in [-0.39, 0.29) is 11.5 Å². The Morgan fingerprint density at radius 3 is 2.35 bits per heavy atom. The molecule has 0 saturated carbocycles. The molecule has 1 atom stereocenters. The van der Waals surface area contributed by atoms with Crippen molar-refractivity contribution in [2.75, 3.05) is 13.7 Å². The molecular weight excluding hydrogens is 261 g/mol. The number of aliphatic carboxylic acids is 1. The number of carboxylic acids is 1. The minimum Gasteiger partial charge on any atom is -0.478 e. The highest BCUT2D eigenvalue weighted by molar-refractivity contribution is 8.09. The van der Waals surface area contributed by atoms with Crippen molar-refractivity contribution in [1.29, 1.82) is 0 Å². The minimum atomic E-state index is -2.63. The van der Waals surface area contributed by atoms with Gasteiger partial charge in [0.15, 0.2) is 0 Å². The normalized spacial score (nSPS) is 16.4. The standard InChI is InChI=1S/C10H20NO4PS/c1-6-11-16(17,14-5)15-8(4)9(7(2)3)10(12)13/h7H,6H2,1-5H3,(H,11,17)(H,12,13)/b9-8+. The van der Waals surface area contributed by atoms with Crippen LogP contribution in [0.4, 0.5) is 0 Å². The SMILES string of the molecule is CCNP(=S)(OC)O/C(C)=C(/C(=O)O)C(C)C. The molecule has 0 bridgehead atoms. The minimum absolute atomic E-state index is 0.144. The zero-order valence-electron chi connectivity index (χ0n) is 10.8. The first-order valence-corrected chi connectivity index (χ1v) is 7.95. The number of carbonyl (C=O) groups is 1. The zero-order valence-corrected chi connectivity index (χ0v) is 12.5. The van der Waals surface area contributed by atoms with Gasteiger partial charge in [-0.1, -0.05) is 20.8 Å². The lowest BCUT2D eigenvalue weighted by atomic mass is 10.0. The average Bonchev–Trinajstić information content (AvgIpc) is 2.16. The zero-order chi connectivity index (χ0) is 13.6. The molecule has 0 saturated heterocycles. The van der Waals surface area contributed by atoms with Gasteiger partial charge in [0.25, 0.3) is 0 Å². The smallest absolute Gasteiger partial charge is 0.335 e. The quantitative estimate of drug-likeness (QED) is 0.424. The summed E-state index contributed by atoms with van der Waals surface area (Å²) in [4.78, 5) is 11.1. The molecule has 0 radical (unpaired) electrons. The molecule has 0 aliphatic heterocycles. The van der Waals surface area contributed by atoms with E-state index in [1.54, 1.807) is 20.8 Å². The van der Waals surface area contributed by atoms with Crippen LogP contribution in [0.1, 0.15) is 27.7 Å². The number of rotatable bonds is 7. The molecule has 0 aromatic carbocycles. The summed E-state index contributed by atoms with van der Waals surface area (Å²) in [6, 6.07) is 0. The summed E-state index contributed by atoms with van der Waals surface area (Å²) in [7, 11) is 1.45. The monoisotopic (exact) mass is 281 g/mol. The summed E-state index contributed by atoms with van der Waals surface area (Å²) >= 11 is 5.20. The molecule has 7 heteroatoms. The molecule has 0 aromatic heterocycles. The fraction of sp³-hybridized carbons (Fsp3) is 0.700. The molecule has 0 amide bonds. The van der Waals surface area contributed by atoms with E-state index >= 15 is 0 Å². The summed E-state index contributed by atoms with van der Waals surface area (Å²) in [6.07, 6.45) is 0. The molecule has 0 aromatic rings. The second kappa shape index (κ2) is 7.11. The molecule has 17 heavy (non-hydrogen) atoms. The van der Waals surface area contributed by atoms with E-state index in [0.717, 1.165) is 0 Å². The van der Waals surface area contributed by atoms with E-state index in [9.17, 15) is 4.79 Å². The van der Waals surface area contributed by atoms with Gasteiger partial charge in [0, 0.05) is 13.7 Å². The Labute approximate surface area is 107 Å². The van der Waals surface area contributed by atoms with Crippen molar-refractivity contribution >= 4 is 24.4 Å². The number of hydrogen-bond donors (Lipinski definition) is 2. The van der Waals surface area contributed by atoms with Crippen LogP contribution in [0.2, 0.25) is 0 Å². The molecule has 100 valence electrons. The van der Waals surface area contributed by atoms with Crippen LogP contribution in [-0.4, -0.2) is 24.7 Å². The summed E-state index contributed by atoms with van der Waals surface area (Å²) < 4.78 is 10.6. The first kappa shape index (κ1) is 16.6. The Morgan fingerprint density at radius 1 is 1.53 bits per heavy atom. The van der Waals surface area contributed by atoms with Crippen molar-refractivity contribution in [3.63, 3.8) is 0 Å². The van der Waals surface area contributed by atoms with Gasteiger partial charge < -0.3 is 14.2 Å². The first-order valence-electron chi connectivity index (χ1n) is 5.32. The van der Waals surface area contributed by atoms with Gasteiger partial charge in [0.05, 0.1) is 5.57 Å². The molecule has 0 aliphatic carbocycles. The molecule has 2 N–H and O–H groups in total. The van der Waals surface area contributed by atoms with Gasteiger partial charge >= 0.3 is 12.6 Å². The summed E-state index contributed by atoms with van der Waals surface area (Å²) in [5.41, 5.74) is 0.217. The van der Waals surface area contributed by atoms with Gasteiger partial charge in [-0.15, -0.1) is 0 Å². The Bertz CT molecular complexity index is 354. The predicted octanol–water partition coefficient (Wildman–Crippen LogP) is 2.50. The Morgan fingerprint density at radius 2 is 2.06 bits per heavy atom. The molecular formula is C10H20NO4PS. The second-order valence-electron chi connectivity index (χ2n) is 3.71. The third kappa shape index (κ3) is 5.17. The van der Waals surface area contributed by atoms with Crippen molar-refractivity contribution in [3.8, 4) is 0 Å². The Balaban J connectivity index is 5.14. The van der Waals surface area contributed by atoms with Crippen LogP contribution in [0.15, 0.2) is 11.3 Å². The van der Waals surface area contributed by atoms with E-state index in [2.05, 4.69) is 5.09 Å². The lowest BCUT2D eigenvalue weighted by molar-refractivity contribution is -0.133. The maximum atomic E-state index is 11.1. The maximum Gasteiger partial charge on any atom is 0.335 e. The molecule has 5 nitrogen and oxygen atoms in total. The van der Waals surface area contributed by atoms with Crippen LogP contribution in [0.3, 0.4) is 0 Å². The second-order valence-corrected chi connectivity index (χ2v) is 7.01. The molecule has 0 rings (SSSR count). The average molecular weight is 281 g/mol. The van der Waals surface area contributed by atoms with Gasteiger partial charge in [-0.3, -0.25) is 0 Å². The molecule has 0 aliphatic rings. The highest BCUT2D eigenvalue weighted by atomic mass is 32.5. The predicted molar refractivity (Wildman–Crippen MR) is 71.2 cm³/mol. The number of allylic oxidation sites excluding steroid dienone is 1. The summed E-state index contributed by atoms with van der Waals surface area (Å²) in [5, 5.41) is 12.0. The Kier molecular flexibility index (Phi) is 6.94. The van der Waals surface area contributed by atoms with Crippen molar-refractivity contribution in [2.24, 2.45) is 5.92 Å². The van der Waals surface area contributed by atoms with Crippen molar-refractivity contribution in [2.45, 2.75) is 27.7 Å². The summed E-state index contributed by atoms with van der Waals surface area (Å²) in [6.45, 7) is 5.03. The van der Waals surface area contributed by atoms with Crippen LogP contribution in [0.25, 0.3) is 0 Å². The highest BCUT2D eigenvalue weighted by Crippen LogP contribution is 2.46. The lowest BCUT2D eigenvalue weighted by Crippen LogP contribution is -2.15. The summed E-state index contributed by atoms with van der Waals surface area (Å²) in [5.74, 6) is -0.834. The van der Waals surface area contributed by atoms with E-state index in [0.29, 0.717) is 12.3 Å². The van der Waals surface area contributed by atoms with Crippen molar-refractivity contribution in [1.82, 2.24) is 5.09 Å². The van der Waals surface area contributed by atoms with Gasteiger partial charge in [-0.2, -0.15) is 0 Å². The van der Waals surface area contributed by atoms with Gasteiger partial charge in [0.1, 0.15) is 5.76 Å². The Hall–Kier alpha value is -0.420. The first-order chi connectivity index (χ1) is 7.77. The van der Waals surface area contributed by atoms with E-state index in [1.807, 2.05) is 6.92 Å². The fourth-order valence-corrected chi connectivity index (χ4v) is 3.20. The van der Waals surface area contributed by atoms with Crippen LogP contribution in [0, 0.1) is 5.92 Å². The number of nitrogens with one attached hydrogen (secondary N) is 1.